The third-order valence-electron chi connectivity index (χ3n) is 6.23. The lowest BCUT2D eigenvalue weighted by Crippen LogP contribution is -2.26. The first kappa shape index (κ1) is 21.3. The van der Waals surface area contributed by atoms with Crippen LogP contribution in [0.25, 0.3) is 0 Å². The van der Waals surface area contributed by atoms with Crippen LogP contribution < -0.4 is 0 Å². The molecule has 1 heterocycles. The zero-order valence-electron chi connectivity index (χ0n) is 18.9. The molecule has 0 saturated carbocycles. The molecule has 1 aromatic rings. The van der Waals surface area contributed by atoms with E-state index in [-0.39, 0.29) is 17.3 Å². The molecule has 0 bridgehead atoms. The third kappa shape index (κ3) is 4.14. The van der Waals surface area contributed by atoms with Gasteiger partial charge in [0, 0.05) is 17.9 Å². The summed E-state index contributed by atoms with van der Waals surface area (Å²) in [5.41, 5.74) is 2.57. The minimum absolute atomic E-state index is 0.0515. The summed E-state index contributed by atoms with van der Waals surface area (Å²) in [6.07, 6.45) is 9.41. The Labute approximate surface area is 184 Å². The zero-order valence-corrected chi connectivity index (χ0v) is 18.9. The highest BCUT2D eigenvalue weighted by molar-refractivity contribution is 5.94. The van der Waals surface area contributed by atoms with Crippen LogP contribution in [-0.4, -0.2) is 26.8 Å². The first-order valence-electron chi connectivity index (χ1n) is 10.7. The maximum atomic E-state index is 12.7. The summed E-state index contributed by atoms with van der Waals surface area (Å²) in [7, 11) is 3.32. The predicted molar refractivity (Wildman–Crippen MR) is 118 cm³/mol. The first-order chi connectivity index (χ1) is 14.8. The Kier molecular flexibility index (Phi) is 5.69. The molecule has 0 saturated heterocycles. The second-order valence-electron chi connectivity index (χ2n) is 8.99. The first-order valence-corrected chi connectivity index (χ1v) is 10.7. The van der Waals surface area contributed by atoms with E-state index >= 15 is 0 Å². The summed E-state index contributed by atoms with van der Waals surface area (Å²) in [4.78, 5) is 12.7. The normalized spacial score (nSPS) is 24.7. The van der Waals surface area contributed by atoms with Gasteiger partial charge in [-0.05, 0) is 41.7 Å². The van der Waals surface area contributed by atoms with Crippen LogP contribution in [0, 0.1) is 5.41 Å². The molecule has 0 fully saturated rings. The smallest absolute Gasteiger partial charge is 0.343 e. The number of carbonyl (C=O) groups excluding carboxylic acids is 1. The highest BCUT2D eigenvalue weighted by Crippen LogP contribution is 2.44. The van der Waals surface area contributed by atoms with Crippen LogP contribution in [0.15, 0.2) is 65.5 Å². The van der Waals surface area contributed by atoms with Gasteiger partial charge in [-0.25, -0.2) is 4.79 Å². The van der Waals surface area contributed by atoms with Crippen molar-refractivity contribution >= 4 is 5.97 Å². The van der Waals surface area contributed by atoms with Gasteiger partial charge in [0.1, 0.15) is 17.3 Å². The minimum atomic E-state index is -0.308. The van der Waals surface area contributed by atoms with Crippen LogP contribution in [0.1, 0.15) is 66.9 Å². The number of allylic oxidation sites excluding steroid dienone is 5. The van der Waals surface area contributed by atoms with Gasteiger partial charge in [-0.15, -0.1) is 0 Å². The van der Waals surface area contributed by atoms with Crippen molar-refractivity contribution in [2.45, 2.75) is 45.4 Å². The quantitative estimate of drug-likeness (QED) is 0.549. The molecule has 0 radical (unpaired) electrons. The van der Waals surface area contributed by atoms with E-state index in [4.69, 9.17) is 18.9 Å². The second-order valence-corrected chi connectivity index (χ2v) is 8.99. The number of ether oxygens (including phenoxy) is 4. The average molecular weight is 423 g/mol. The number of carbonyl (C=O) groups is 1. The summed E-state index contributed by atoms with van der Waals surface area (Å²) < 4.78 is 23.0. The standard InChI is InChI=1S/C26H30O5/c1-16(2)17-8-9-19-20-12-23(29-5)24(13-22(20)31-25(27)21(19)11-17)30-15-26(3)10-6-7-18(14-26)28-4/h6-9,11,13-14,16,20H,10,12,15H2,1-5H3. The summed E-state index contributed by atoms with van der Waals surface area (Å²) in [5, 5.41) is 0. The summed E-state index contributed by atoms with van der Waals surface area (Å²) >= 11 is 0. The SMILES string of the molecule is COC1=CC(C)(COC2=C(OC)CC3C(=C2)OC(=O)c2cc(C(C)C)ccc23)CC=C1. The summed E-state index contributed by atoms with van der Waals surface area (Å²) in [6.45, 7) is 6.82. The number of rotatable bonds is 6. The van der Waals surface area contributed by atoms with Crippen molar-refractivity contribution in [2.24, 2.45) is 5.41 Å². The number of hydrogen-bond donors (Lipinski definition) is 0. The molecule has 2 unspecified atom stereocenters. The number of fused-ring (bicyclic) bond motifs is 3. The van der Waals surface area contributed by atoms with E-state index in [1.165, 1.54) is 0 Å². The van der Waals surface area contributed by atoms with Crippen molar-refractivity contribution in [3.63, 3.8) is 0 Å². The van der Waals surface area contributed by atoms with Crippen molar-refractivity contribution in [3.8, 4) is 0 Å². The molecular weight excluding hydrogens is 392 g/mol. The van der Waals surface area contributed by atoms with Gasteiger partial charge in [0.25, 0.3) is 0 Å². The summed E-state index contributed by atoms with van der Waals surface area (Å²) in [5.74, 6) is 2.82. The molecule has 2 atom stereocenters. The zero-order chi connectivity index (χ0) is 22.2. The van der Waals surface area contributed by atoms with E-state index in [1.807, 2.05) is 18.2 Å². The minimum Gasteiger partial charge on any atom is -0.497 e. The average Bonchev–Trinajstić information content (AvgIpc) is 2.77. The molecule has 3 aliphatic rings. The molecule has 0 N–H and O–H groups in total. The van der Waals surface area contributed by atoms with Crippen molar-refractivity contribution in [1.82, 2.24) is 0 Å². The highest BCUT2D eigenvalue weighted by Gasteiger charge is 2.37. The molecule has 0 aromatic heterocycles. The highest BCUT2D eigenvalue weighted by atomic mass is 16.5. The lowest BCUT2D eigenvalue weighted by Gasteiger charge is -2.33. The second kappa shape index (κ2) is 8.29. The Hall–Kier alpha value is -2.95. The fourth-order valence-electron chi connectivity index (χ4n) is 4.31. The molecule has 164 valence electrons. The molecule has 0 amide bonds. The topological polar surface area (TPSA) is 54.0 Å². The van der Waals surface area contributed by atoms with Crippen LogP contribution in [0.2, 0.25) is 0 Å². The largest absolute Gasteiger partial charge is 0.497 e. The molecule has 5 nitrogen and oxygen atoms in total. The van der Waals surface area contributed by atoms with Crippen LogP contribution in [-0.2, 0) is 18.9 Å². The van der Waals surface area contributed by atoms with Gasteiger partial charge in [0.15, 0.2) is 5.76 Å². The maximum absolute atomic E-state index is 12.7. The van der Waals surface area contributed by atoms with Crippen molar-refractivity contribution in [1.29, 1.82) is 0 Å². The van der Waals surface area contributed by atoms with Gasteiger partial charge >= 0.3 is 5.97 Å². The van der Waals surface area contributed by atoms with Gasteiger partial charge in [0.2, 0.25) is 0 Å². The molecule has 31 heavy (non-hydrogen) atoms. The Morgan fingerprint density at radius 1 is 1.23 bits per heavy atom. The van der Waals surface area contributed by atoms with Gasteiger partial charge < -0.3 is 18.9 Å². The number of hydrogen-bond acceptors (Lipinski definition) is 5. The van der Waals surface area contributed by atoms with Crippen LogP contribution >= 0.6 is 0 Å². The van der Waals surface area contributed by atoms with Gasteiger partial charge in [-0.1, -0.05) is 39.0 Å². The Morgan fingerprint density at radius 3 is 2.74 bits per heavy atom. The molecule has 1 aromatic carbocycles. The van der Waals surface area contributed by atoms with Crippen LogP contribution in [0.3, 0.4) is 0 Å². The Bertz CT molecular complexity index is 1010. The summed E-state index contributed by atoms with van der Waals surface area (Å²) in [6, 6.07) is 6.10. The number of esters is 1. The number of methoxy groups -OCH3 is 2. The predicted octanol–water partition coefficient (Wildman–Crippen LogP) is 5.72. The van der Waals surface area contributed by atoms with Crippen LogP contribution in [0.4, 0.5) is 0 Å². The lowest BCUT2D eigenvalue weighted by molar-refractivity contribution is 0.0554. The molecule has 1 aliphatic heterocycles. The molecule has 5 heteroatoms. The fraction of sp³-hybridized carbons (Fsp3) is 0.423. The van der Waals surface area contributed by atoms with Crippen molar-refractivity contribution < 1.29 is 23.7 Å². The van der Waals surface area contributed by atoms with Crippen LogP contribution in [0.5, 0.6) is 0 Å². The van der Waals surface area contributed by atoms with Crippen molar-refractivity contribution in [3.05, 3.63) is 82.2 Å². The fourth-order valence-corrected chi connectivity index (χ4v) is 4.31. The van der Waals surface area contributed by atoms with E-state index in [9.17, 15) is 4.79 Å². The maximum Gasteiger partial charge on any atom is 0.343 e. The molecule has 0 spiro atoms. The Balaban J connectivity index is 1.58. The van der Waals surface area contributed by atoms with Crippen molar-refractivity contribution in [2.75, 3.05) is 20.8 Å². The van der Waals surface area contributed by atoms with Gasteiger partial charge in [0.05, 0.1) is 32.3 Å². The van der Waals surface area contributed by atoms with Gasteiger partial charge in [-0.2, -0.15) is 0 Å². The molecule has 2 aliphatic carbocycles. The molecular formula is C26H30O5. The Morgan fingerprint density at radius 2 is 2.03 bits per heavy atom. The molecule has 4 rings (SSSR count). The van der Waals surface area contributed by atoms with Gasteiger partial charge in [-0.3, -0.25) is 0 Å². The van der Waals surface area contributed by atoms with E-state index < -0.39 is 0 Å². The van der Waals surface area contributed by atoms with E-state index in [0.29, 0.717) is 36.0 Å². The van der Waals surface area contributed by atoms with E-state index in [2.05, 4.69) is 45.1 Å². The monoisotopic (exact) mass is 422 g/mol. The lowest BCUT2D eigenvalue weighted by atomic mass is 9.82. The number of benzene rings is 1. The van der Waals surface area contributed by atoms with E-state index in [1.54, 1.807) is 14.2 Å². The third-order valence-corrected chi connectivity index (χ3v) is 6.23. The van der Waals surface area contributed by atoms with E-state index in [0.717, 1.165) is 29.1 Å².